The van der Waals surface area contributed by atoms with Crippen LogP contribution in [0.15, 0.2) is 35.1 Å². The molecule has 1 aliphatic rings. The molecule has 3 rings (SSSR count). The highest BCUT2D eigenvalue weighted by Crippen LogP contribution is 2.30. The average Bonchev–Trinajstić information content (AvgIpc) is 2.82. The van der Waals surface area contributed by atoms with Crippen LogP contribution in [0.25, 0.3) is 11.1 Å². The number of fused-ring (bicyclic) bond motifs is 1. The monoisotopic (exact) mass is 242 g/mol. The molecule has 2 aromatic rings. The summed E-state index contributed by atoms with van der Waals surface area (Å²) in [6.45, 7) is 0.734. The maximum Gasteiger partial charge on any atom is 0.252 e. The van der Waals surface area contributed by atoms with Crippen molar-refractivity contribution in [2.24, 2.45) is 7.05 Å². The van der Waals surface area contributed by atoms with Gasteiger partial charge in [-0.05, 0) is 34.9 Å². The third kappa shape index (κ3) is 1.66. The zero-order valence-corrected chi connectivity index (χ0v) is 10.1. The molecule has 0 radical (unpaired) electrons. The number of rotatable bonds is 1. The van der Waals surface area contributed by atoms with Crippen LogP contribution in [0.1, 0.15) is 5.56 Å². The summed E-state index contributed by atoms with van der Waals surface area (Å²) >= 11 is 0. The second-order valence-corrected chi connectivity index (χ2v) is 4.49. The van der Waals surface area contributed by atoms with E-state index in [0.29, 0.717) is 5.82 Å². The van der Waals surface area contributed by atoms with Gasteiger partial charge in [0.2, 0.25) is 0 Å². The predicted molar refractivity (Wildman–Crippen MR) is 70.7 cm³/mol. The Bertz CT molecular complexity index is 674. The van der Waals surface area contributed by atoms with Gasteiger partial charge in [0.15, 0.2) is 0 Å². The smallest absolute Gasteiger partial charge is 0.252 e. The van der Waals surface area contributed by atoms with Crippen LogP contribution in [0, 0.1) is 0 Å². The number of nitrogens with two attached hydrogens (primary N) is 1. The fraction of sp³-hybridized carbons (Fsp3) is 0.214. The minimum absolute atomic E-state index is 0.0956. The summed E-state index contributed by atoms with van der Waals surface area (Å²) < 4.78 is 6.90. The summed E-state index contributed by atoms with van der Waals surface area (Å²) in [5.74, 6) is 1.41. The van der Waals surface area contributed by atoms with E-state index in [9.17, 15) is 4.79 Å². The van der Waals surface area contributed by atoms with Crippen molar-refractivity contribution in [1.29, 1.82) is 0 Å². The third-order valence-corrected chi connectivity index (χ3v) is 3.32. The lowest BCUT2D eigenvalue weighted by atomic mass is 10.0. The molecule has 1 aliphatic heterocycles. The molecule has 1 aromatic heterocycles. The standard InChI is InChI=1S/C14H14N2O2/c1-16-13(15)7-11(8-14(16)17)9-2-3-12-10(6-9)4-5-18-12/h2-3,6-8H,4-5,15H2,1H3. The van der Waals surface area contributed by atoms with E-state index in [-0.39, 0.29) is 5.56 Å². The maximum absolute atomic E-state index is 11.7. The first-order valence-corrected chi connectivity index (χ1v) is 5.88. The van der Waals surface area contributed by atoms with Crippen molar-refractivity contribution >= 4 is 5.82 Å². The lowest BCUT2D eigenvalue weighted by Gasteiger charge is -2.08. The van der Waals surface area contributed by atoms with Gasteiger partial charge in [0.05, 0.1) is 6.61 Å². The highest BCUT2D eigenvalue weighted by molar-refractivity contribution is 5.68. The van der Waals surface area contributed by atoms with Gasteiger partial charge < -0.3 is 10.5 Å². The Morgan fingerprint density at radius 1 is 1.22 bits per heavy atom. The van der Waals surface area contributed by atoms with E-state index >= 15 is 0 Å². The molecule has 0 aliphatic carbocycles. The zero-order chi connectivity index (χ0) is 12.7. The van der Waals surface area contributed by atoms with Gasteiger partial charge in [0.25, 0.3) is 5.56 Å². The summed E-state index contributed by atoms with van der Waals surface area (Å²) in [6, 6.07) is 9.40. The Kier molecular flexibility index (Phi) is 2.37. The molecule has 0 bridgehead atoms. The van der Waals surface area contributed by atoms with Gasteiger partial charge in [-0.2, -0.15) is 0 Å². The van der Waals surface area contributed by atoms with Gasteiger partial charge in [-0.3, -0.25) is 9.36 Å². The van der Waals surface area contributed by atoms with Crippen LogP contribution >= 0.6 is 0 Å². The number of nitrogens with zero attached hydrogens (tertiary/aromatic N) is 1. The molecule has 0 atom stereocenters. The van der Waals surface area contributed by atoms with Crippen molar-refractivity contribution in [3.8, 4) is 16.9 Å². The molecule has 0 unspecified atom stereocenters. The molecule has 0 saturated heterocycles. The molecule has 0 fully saturated rings. The fourth-order valence-electron chi connectivity index (χ4n) is 2.19. The zero-order valence-electron chi connectivity index (χ0n) is 10.1. The molecule has 2 N–H and O–H groups in total. The van der Waals surface area contributed by atoms with Gasteiger partial charge in [0, 0.05) is 19.5 Å². The first kappa shape index (κ1) is 10.9. The summed E-state index contributed by atoms with van der Waals surface area (Å²) in [5.41, 5.74) is 8.76. The Hall–Kier alpha value is -2.23. The van der Waals surface area contributed by atoms with E-state index in [1.807, 2.05) is 18.2 Å². The van der Waals surface area contributed by atoms with Crippen molar-refractivity contribution < 1.29 is 4.74 Å². The van der Waals surface area contributed by atoms with Crippen LogP contribution < -0.4 is 16.0 Å². The number of benzene rings is 1. The highest BCUT2D eigenvalue weighted by atomic mass is 16.5. The summed E-state index contributed by atoms with van der Waals surface area (Å²) in [7, 11) is 1.66. The molecule has 92 valence electrons. The van der Waals surface area contributed by atoms with E-state index in [4.69, 9.17) is 10.5 Å². The summed E-state index contributed by atoms with van der Waals surface area (Å²) in [4.78, 5) is 11.7. The summed E-state index contributed by atoms with van der Waals surface area (Å²) in [5, 5.41) is 0. The number of nitrogen functional groups attached to an aromatic ring is 1. The van der Waals surface area contributed by atoms with Crippen molar-refractivity contribution in [3.05, 3.63) is 46.2 Å². The van der Waals surface area contributed by atoms with Crippen LogP contribution in [0.2, 0.25) is 0 Å². The summed E-state index contributed by atoms with van der Waals surface area (Å²) in [6.07, 6.45) is 0.920. The van der Waals surface area contributed by atoms with E-state index in [1.54, 1.807) is 13.1 Å². The largest absolute Gasteiger partial charge is 0.493 e. The molecule has 1 aromatic carbocycles. The first-order chi connectivity index (χ1) is 8.65. The lowest BCUT2D eigenvalue weighted by Crippen LogP contribution is -2.18. The number of hydrogen-bond donors (Lipinski definition) is 1. The molecule has 0 amide bonds. The Morgan fingerprint density at radius 3 is 2.83 bits per heavy atom. The Morgan fingerprint density at radius 2 is 2.06 bits per heavy atom. The number of pyridine rings is 1. The predicted octanol–water partition coefficient (Wildman–Crippen LogP) is 1.57. The van der Waals surface area contributed by atoms with Crippen molar-refractivity contribution in [3.63, 3.8) is 0 Å². The molecular formula is C14H14N2O2. The van der Waals surface area contributed by atoms with E-state index in [0.717, 1.165) is 29.9 Å². The van der Waals surface area contributed by atoms with Crippen LogP contribution in [-0.4, -0.2) is 11.2 Å². The highest BCUT2D eigenvalue weighted by Gasteiger charge is 2.13. The SMILES string of the molecule is Cn1c(N)cc(-c2ccc3c(c2)CCO3)cc1=O. The van der Waals surface area contributed by atoms with Crippen molar-refractivity contribution in [2.45, 2.75) is 6.42 Å². The molecule has 2 heterocycles. The van der Waals surface area contributed by atoms with Gasteiger partial charge >= 0.3 is 0 Å². The number of aromatic nitrogens is 1. The van der Waals surface area contributed by atoms with Crippen LogP contribution in [0.3, 0.4) is 0 Å². The van der Waals surface area contributed by atoms with Gasteiger partial charge in [0.1, 0.15) is 11.6 Å². The normalized spacial score (nSPS) is 13.2. The number of hydrogen-bond acceptors (Lipinski definition) is 3. The van der Waals surface area contributed by atoms with E-state index < -0.39 is 0 Å². The van der Waals surface area contributed by atoms with Crippen LogP contribution in [0.4, 0.5) is 5.82 Å². The molecule has 18 heavy (non-hydrogen) atoms. The minimum Gasteiger partial charge on any atom is -0.493 e. The Labute approximate surface area is 105 Å². The van der Waals surface area contributed by atoms with Crippen LogP contribution in [0.5, 0.6) is 5.75 Å². The molecule has 0 saturated carbocycles. The van der Waals surface area contributed by atoms with Gasteiger partial charge in [-0.1, -0.05) is 6.07 Å². The topological polar surface area (TPSA) is 57.2 Å². The lowest BCUT2D eigenvalue weighted by molar-refractivity contribution is 0.357. The van der Waals surface area contributed by atoms with Crippen LogP contribution in [-0.2, 0) is 13.5 Å². The number of anilines is 1. The van der Waals surface area contributed by atoms with Crippen molar-refractivity contribution in [2.75, 3.05) is 12.3 Å². The second-order valence-electron chi connectivity index (χ2n) is 4.49. The Balaban J connectivity index is 2.13. The molecule has 4 nitrogen and oxygen atoms in total. The number of ether oxygens (including phenoxy) is 1. The minimum atomic E-state index is -0.0956. The van der Waals surface area contributed by atoms with Crippen molar-refractivity contribution in [1.82, 2.24) is 4.57 Å². The second kappa shape index (κ2) is 3.91. The average molecular weight is 242 g/mol. The maximum atomic E-state index is 11.7. The van der Waals surface area contributed by atoms with E-state index in [1.165, 1.54) is 10.1 Å². The van der Waals surface area contributed by atoms with E-state index in [2.05, 4.69) is 6.07 Å². The third-order valence-electron chi connectivity index (χ3n) is 3.32. The molecule has 0 spiro atoms. The fourth-order valence-corrected chi connectivity index (χ4v) is 2.19. The van der Waals surface area contributed by atoms with Gasteiger partial charge in [-0.15, -0.1) is 0 Å². The quantitative estimate of drug-likeness (QED) is 0.825. The molecule has 4 heteroatoms. The van der Waals surface area contributed by atoms with Gasteiger partial charge in [-0.25, -0.2) is 0 Å². The molecular weight excluding hydrogens is 228 g/mol. The first-order valence-electron chi connectivity index (χ1n) is 5.88.